The van der Waals surface area contributed by atoms with Crippen LogP contribution in [0.3, 0.4) is 0 Å². The summed E-state index contributed by atoms with van der Waals surface area (Å²) in [6.07, 6.45) is 1.98. The number of hydrogen-bond acceptors (Lipinski definition) is 4. The van der Waals surface area contributed by atoms with Gasteiger partial charge in [-0.15, -0.1) is 0 Å². The number of rotatable bonds is 6. The Kier molecular flexibility index (Phi) is 5.66. The molecule has 4 N–H and O–H groups in total. The fraction of sp³-hybridized carbons (Fsp3) is 0.167. The van der Waals surface area contributed by atoms with E-state index in [-0.39, 0.29) is 12.5 Å². The maximum absolute atomic E-state index is 12.4. The highest BCUT2D eigenvalue weighted by molar-refractivity contribution is 6.06. The molecular formula is C24H23N3O3. The minimum Gasteiger partial charge on any atom is -0.444 e. The first kappa shape index (κ1) is 19.5. The van der Waals surface area contributed by atoms with Crippen LogP contribution in [0.15, 0.2) is 72.8 Å². The number of nitrogens with one attached hydrogen (secondary N) is 2. The molecule has 1 fully saturated rings. The standard InChI is InChI=1S/C24H23N3O3/c25-21-3-1-2-4-22(21)27-23(28)19-11-13-20(14-12-19)26-24(29)30-15-16-5-7-17(8-6-16)18-9-10-18/h1-8,11-14,18H,9-10,15,25H2,(H,26,29)(H,27,28). The van der Waals surface area contributed by atoms with Gasteiger partial charge in [0.25, 0.3) is 5.91 Å². The minimum absolute atomic E-state index is 0.204. The molecule has 1 aliphatic rings. The molecule has 0 radical (unpaired) electrons. The van der Waals surface area contributed by atoms with E-state index >= 15 is 0 Å². The van der Waals surface area contributed by atoms with Gasteiger partial charge in [-0.05, 0) is 66.3 Å². The Morgan fingerprint density at radius 1 is 0.900 bits per heavy atom. The number of benzene rings is 3. The number of hydrogen-bond donors (Lipinski definition) is 3. The van der Waals surface area contributed by atoms with Gasteiger partial charge in [0, 0.05) is 11.3 Å². The van der Waals surface area contributed by atoms with Gasteiger partial charge in [0.2, 0.25) is 0 Å². The average molecular weight is 401 g/mol. The van der Waals surface area contributed by atoms with E-state index in [1.807, 2.05) is 12.1 Å². The molecule has 6 nitrogen and oxygen atoms in total. The first-order valence-corrected chi connectivity index (χ1v) is 9.87. The second-order valence-corrected chi connectivity index (χ2v) is 7.34. The van der Waals surface area contributed by atoms with E-state index in [9.17, 15) is 9.59 Å². The van der Waals surface area contributed by atoms with Crippen molar-refractivity contribution < 1.29 is 14.3 Å². The number of carbonyl (C=O) groups excluding carboxylic acids is 2. The molecule has 0 unspecified atom stereocenters. The molecule has 1 saturated carbocycles. The van der Waals surface area contributed by atoms with Crippen molar-refractivity contribution in [2.75, 3.05) is 16.4 Å². The zero-order chi connectivity index (χ0) is 20.9. The summed E-state index contributed by atoms with van der Waals surface area (Å²) in [5, 5.41) is 5.43. The zero-order valence-corrected chi connectivity index (χ0v) is 16.4. The Morgan fingerprint density at radius 2 is 1.60 bits per heavy atom. The molecule has 0 spiro atoms. The number of nitrogen functional groups attached to an aromatic ring is 1. The van der Waals surface area contributed by atoms with Gasteiger partial charge in [0.1, 0.15) is 6.61 Å². The van der Waals surface area contributed by atoms with E-state index in [0.29, 0.717) is 28.5 Å². The van der Waals surface area contributed by atoms with Crippen LogP contribution in [0.1, 0.15) is 40.2 Å². The van der Waals surface area contributed by atoms with E-state index in [1.165, 1.54) is 18.4 Å². The van der Waals surface area contributed by atoms with E-state index in [2.05, 4.69) is 22.8 Å². The molecule has 3 aromatic rings. The molecule has 0 aliphatic heterocycles. The van der Waals surface area contributed by atoms with Crippen molar-refractivity contribution in [3.05, 3.63) is 89.5 Å². The highest BCUT2D eigenvalue weighted by Crippen LogP contribution is 2.39. The Hall–Kier alpha value is -3.80. The van der Waals surface area contributed by atoms with Crippen molar-refractivity contribution in [1.29, 1.82) is 0 Å². The molecule has 30 heavy (non-hydrogen) atoms. The lowest BCUT2D eigenvalue weighted by Crippen LogP contribution is -2.15. The van der Waals surface area contributed by atoms with E-state index in [4.69, 9.17) is 10.5 Å². The van der Waals surface area contributed by atoms with Crippen LogP contribution in [0.25, 0.3) is 0 Å². The Morgan fingerprint density at radius 3 is 2.27 bits per heavy atom. The molecule has 0 saturated heterocycles. The van der Waals surface area contributed by atoms with Gasteiger partial charge in [-0.2, -0.15) is 0 Å². The molecule has 3 aromatic carbocycles. The van der Waals surface area contributed by atoms with Gasteiger partial charge in [0.05, 0.1) is 11.4 Å². The Labute approximate surface area is 175 Å². The summed E-state index contributed by atoms with van der Waals surface area (Å²) in [4.78, 5) is 24.4. The molecule has 1 aliphatic carbocycles. The molecule has 6 heteroatoms. The number of carbonyl (C=O) groups is 2. The monoisotopic (exact) mass is 401 g/mol. The van der Waals surface area contributed by atoms with Crippen LogP contribution >= 0.6 is 0 Å². The van der Waals surface area contributed by atoms with Crippen molar-refractivity contribution in [1.82, 2.24) is 0 Å². The number of ether oxygens (including phenoxy) is 1. The number of para-hydroxylation sites is 2. The van der Waals surface area contributed by atoms with Gasteiger partial charge in [-0.25, -0.2) is 4.79 Å². The molecule has 0 bridgehead atoms. The lowest BCUT2D eigenvalue weighted by Gasteiger charge is -2.10. The molecule has 152 valence electrons. The number of amides is 2. The third-order valence-electron chi connectivity index (χ3n) is 5.00. The van der Waals surface area contributed by atoms with Gasteiger partial charge in [-0.3, -0.25) is 10.1 Å². The van der Waals surface area contributed by atoms with Gasteiger partial charge in [0.15, 0.2) is 0 Å². The molecule has 0 atom stereocenters. The number of anilines is 3. The summed E-state index contributed by atoms with van der Waals surface area (Å²) in [6, 6.07) is 21.8. The van der Waals surface area contributed by atoms with Crippen LogP contribution in [0.5, 0.6) is 0 Å². The highest BCUT2D eigenvalue weighted by Gasteiger charge is 2.22. The second-order valence-electron chi connectivity index (χ2n) is 7.34. The fourth-order valence-electron chi connectivity index (χ4n) is 3.12. The van der Waals surface area contributed by atoms with E-state index in [1.54, 1.807) is 48.5 Å². The van der Waals surface area contributed by atoms with Crippen LogP contribution in [0, 0.1) is 0 Å². The topological polar surface area (TPSA) is 93.5 Å². The summed E-state index contributed by atoms with van der Waals surface area (Å²) in [5.41, 5.74) is 10.2. The first-order chi connectivity index (χ1) is 14.6. The maximum atomic E-state index is 12.4. The Bertz CT molecular complexity index is 1040. The highest BCUT2D eigenvalue weighted by atomic mass is 16.5. The van der Waals surface area contributed by atoms with Crippen molar-refractivity contribution in [2.24, 2.45) is 0 Å². The van der Waals surface area contributed by atoms with Crippen molar-refractivity contribution in [3.63, 3.8) is 0 Å². The van der Waals surface area contributed by atoms with E-state index < -0.39 is 6.09 Å². The predicted octanol–water partition coefficient (Wildman–Crippen LogP) is 5.15. The molecule has 0 aromatic heterocycles. The molecule has 0 heterocycles. The third kappa shape index (κ3) is 4.97. The predicted molar refractivity (Wildman–Crippen MR) is 117 cm³/mol. The normalized spacial score (nSPS) is 12.8. The fourth-order valence-corrected chi connectivity index (χ4v) is 3.12. The minimum atomic E-state index is -0.546. The van der Waals surface area contributed by atoms with Crippen LogP contribution in [-0.2, 0) is 11.3 Å². The summed E-state index contributed by atoms with van der Waals surface area (Å²) < 4.78 is 5.27. The summed E-state index contributed by atoms with van der Waals surface area (Å²) in [6.45, 7) is 0.204. The van der Waals surface area contributed by atoms with Gasteiger partial charge in [-0.1, -0.05) is 36.4 Å². The molecular weight excluding hydrogens is 378 g/mol. The number of nitrogens with two attached hydrogens (primary N) is 1. The lowest BCUT2D eigenvalue weighted by molar-refractivity contribution is 0.102. The van der Waals surface area contributed by atoms with Gasteiger partial charge >= 0.3 is 6.09 Å². The van der Waals surface area contributed by atoms with Crippen molar-refractivity contribution in [3.8, 4) is 0 Å². The van der Waals surface area contributed by atoms with E-state index in [0.717, 1.165) is 5.56 Å². The summed E-state index contributed by atoms with van der Waals surface area (Å²) in [7, 11) is 0. The maximum Gasteiger partial charge on any atom is 0.411 e. The largest absolute Gasteiger partial charge is 0.444 e. The van der Waals surface area contributed by atoms with Crippen LogP contribution in [-0.4, -0.2) is 12.0 Å². The summed E-state index contributed by atoms with van der Waals surface area (Å²) >= 11 is 0. The first-order valence-electron chi connectivity index (χ1n) is 9.87. The average Bonchev–Trinajstić information content (AvgIpc) is 3.60. The lowest BCUT2D eigenvalue weighted by atomic mass is 10.1. The third-order valence-corrected chi connectivity index (χ3v) is 5.00. The Balaban J connectivity index is 1.27. The van der Waals surface area contributed by atoms with Crippen LogP contribution < -0.4 is 16.4 Å². The molecule has 4 rings (SSSR count). The zero-order valence-electron chi connectivity index (χ0n) is 16.4. The van der Waals surface area contributed by atoms with Crippen molar-refractivity contribution in [2.45, 2.75) is 25.4 Å². The van der Waals surface area contributed by atoms with Crippen LogP contribution in [0.2, 0.25) is 0 Å². The van der Waals surface area contributed by atoms with Crippen molar-refractivity contribution >= 4 is 29.1 Å². The summed E-state index contributed by atoms with van der Waals surface area (Å²) in [5.74, 6) is 0.426. The van der Waals surface area contributed by atoms with Crippen LogP contribution in [0.4, 0.5) is 21.9 Å². The molecule has 2 amide bonds. The smallest absolute Gasteiger partial charge is 0.411 e. The SMILES string of the molecule is Nc1ccccc1NC(=O)c1ccc(NC(=O)OCc2ccc(C3CC3)cc2)cc1. The second kappa shape index (κ2) is 8.69. The quantitative estimate of drug-likeness (QED) is 0.498. The van der Waals surface area contributed by atoms with Gasteiger partial charge < -0.3 is 15.8 Å².